The maximum absolute atomic E-state index is 11.3. The molecule has 1 heterocycles. The van der Waals surface area contributed by atoms with E-state index in [4.69, 9.17) is 5.11 Å². The van der Waals surface area contributed by atoms with Crippen molar-refractivity contribution in [1.82, 2.24) is 0 Å². The van der Waals surface area contributed by atoms with Crippen molar-refractivity contribution >= 4 is 17.3 Å². The molecule has 0 bridgehead atoms. The molecule has 0 spiro atoms. The van der Waals surface area contributed by atoms with E-state index in [1.807, 2.05) is 4.90 Å². The third kappa shape index (κ3) is 3.49. The Morgan fingerprint density at radius 1 is 1.48 bits per heavy atom. The molecule has 0 aromatic heterocycles. The summed E-state index contributed by atoms with van der Waals surface area (Å²) in [4.78, 5) is 23.6. The Hall–Kier alpha value is -2.15. The number of carbonyl (C=O) groups is 1. The molecule has 1 saturated heterocycles. The minimum Gasteiger partial charge on any atom is -0.478 e. The number of hydrogen-bond acceptors (Lipinski definition) is 5. The van der Waals surface area contributed by atoms with E-state index in [1.165, 1.54) is 18.2 Å². The van der Waals surface area contributed by atoms with Crippen LogP contribution in [0.4, 0.5) is 11.4 Å². The van der Waals surface area contributed by atoms with E-state index in [0.29, 0.717) is 25.2 Å². The van der Waals surface area contributed by atoms with Gasteiger partial charge in [-0.15, -0.1) is 0 Å². The second-order valence-electron chi connectivity index (χ2n) is 5.23. The zero-order valence-corrected chi connectivity index (χ0v) is 11.6. The molecule has 0 saturated carbocycles. The van der Waals surface area contributed by atoms with Crippen molar-refractivity contribution in [2.45, 2.75) is 19.3 Å². The van der Waals surface area contributed by atoms with Gasteiger partial charge in [-0.25, -0.2) is 4.79 Å². The number of carboxylic acid groups (broad SMARTS) is 1. The number of rotatable bonds is 5. The number of non-ortho nitro benzene ring substituents is 1. The van der Waals surface area contributed by atoms with Crippen LogP contribution in [-0.2, 0) is 0 Å². The van der Waals surface area contributed by atoms with Gasteiger partial charge in [-0.2, -0.15) is 0 Å². The van der Waals surface area contributed by atoms with Crippen molar-refractivity contribution in [1.29, 1.82) is 0 Å². The van der Waals surface area contributed by atoms with E-state index >= 15 is 0 Å². The fourth-order valence-electron chi connectivity index (χ4n) is 2.78. The standard InChI is InChI=1S/C14H18N2O5/c17-7-5-10-2-1-6-15(9-10)13-8-11(16(20)21)3-4-12(13)14(18)19/h3-4,8,10,17H,1-2,5-7,9H2,(H,18,19). The summed E-state index contributed by atoms with van der Waals surface area (Å²) in [5, 5.41) is 29.2. The third-order valence-corrected chi connectivity index (χ3v) is 3.82. The van der Waals surface area contributed by atoms with Crippen molar-refractivity contribution in [2.24, 2.45) is 5.92 Å². The van der Waals surface area contributed by atoms with Crippen LogP contribution >= 0.6 is 0 Å². The molecule has 1 fully saturated rings. The first-order valence-electron chi connectivity index (χ1n) is 6.90. The Morgan fingerprint density at radius 3 is 2.86 bits per heavy atom. The molecule has 0 aliphatic carbocycles. The van der Waals surface area contributed by atoms with Crippen molar-refractivity contribution in [3.63, 3.8) is 0 Å². The first-order valence-corrected chi connectivity index (χ1v) is 6.90. The molecule has 1 unspecified atom stereocenters. The highest BCUT2D eigenvalue weighted by Crippen LogP contribution is 2.30. The maximum Gasteiger partial charge on any atom is 0.337 e. The summed E-state index contributed by atoms with van der Waals surface area (Å²) in [7, 11) is 0. The van der Waals surface area contributed by atoms with E-state index < -0.39 is 10.9 Å². The van der Waals surface area contributed by atoms with Crippen molar-refractivity contribution in [3.05, 3.63) is 33.9 Å². The van der Waals surface area contributed by atoms with Crippen molar-refractivity contribution < 1.29 is 19.9 Å². The molecule has 2 N–H and O–H groups in total. The Balaban J connectivity index is 2.33. The summed E-state index contributed by atoms with van der Waals surface area (Å²) < 4.78 is 0. The minimum absolute atomic E-state index is 0.0743. The number of piperidine rings is 1. The van der Waals surface area contributed by atoms with Gasteiger partial charge < -0.3 is 15.1 Å². The van der Waals surface area contributed by atoms with Crippen LogP contribution in [0.5, 0.6) is 0 Å². The Labute approximate surface area is 122 Å². The van der Waals surface area contributed by atoms with Crippen LogP contribution in [0.2, 0.25) is 0 Å². The lowest BCUT2D eigenvalue weighted by Crippen LogP contribution is -2.36. The smallest absolute Gasteiger partial charge is 0.337 e. The highest BCUT2D eigenvalue weighted by molar-refractivity contribution is 5.95. The number of aromatic carboxylic acids is 1. The van der Waals surface area contributed by atoms with E-state index in [1.54, 1.807) is 0 Å². The monoisotopic (exact) mass is 294 g/mol. The lowest BCUT2D eigenvalue weighted by molar-refractivity contribution is -0.384. The maximum atomic E-state index is 11.3. The molecule has 7 nitrogen and oxygen atoms in total. The number of benzene rings is 1. The van der Waals surface area contributed by atoms with Gasteiger partial charge in [-0.05, 0) is 31.2 Å². The average molecular weight is 294 g/mol. The van der Waals surface area contributed by atoms with Gasteiger partial charge in [0.2, 0.25) is 0 Å². The van der Waals surface area contributed by atoms with Crippen LogP contribution < -0.4 is 4.90 Å². The highest BCUT2D eigenvalue weighted by atomic mass is 16.6. The largest absolute Gasteiger partial charge is 0.478 e. The SMILES string of the molecule is O=C(O)c1ccc([N+](=O)[O-])cc1N1CCCC(CCO)C1. The third-order valence-electron chi connectivity index (χ3n) is 3.82. The molecule has 0 amide bonds. The molecule has 21 heavy (non-hydrogen) atoms. The summed E-state index contributed by atoms with van der Waals surface area (Å²) in [5.74, 6) is -0.811. The highest BCUT2D eigenvalue weighted by Gasteiger charge is 2.25. The van der Waals surface area contributed by atoms with Gasteiger partial charge in [0.05, 0.1) is 16.2 Å². The Bertz CT molecular complexity index is 544. The molecule has 1 aliphatic heterocycles. The fourth-order valence-corrected chi connectivity index (χ4v) is 2.78. The number of nitro groups is 1. The number of aliphatic hydroxyl groups is 1. The van der Waals surface area contributed by atoms with Crippen LogP contribution in [0, 0.1) is 16.0 Å². The van der Waals surface area contributed by atoms with Crippen LogP contribution in [0.3, 0.4) is 0 Å². The molecule has 1 aromatic rings. The predicted molar refractivity (Wildman–Crippen MR) is 76.7 cm³/mol. The zero-order chi connectivity index (χ0) is 15.4. The predicted octanol–water partition coefficient (Wildman–Crippen LogP) is 1.89. The van der Waals surface area contributed by atoms with Crippen molar-refractivity contribution in [2.75, 3.05) is 24.6 Å². The quantitative estimate of drug-likeness (QED) is 0.635. The number of aliphatic hydroxyl groups excluding tert-OH is 1. The Kier molecular flexibility index (Phi) is 4.74. The number of nitrogens with zero attached hydrogens (tertiary/aromatic N) is 2. The number of hydrogen-bond donors (Lipinski definition) is 2. The van der Waals surface area contributed by atoms with E-state index in [9.17, 15) is 20.0 Å². The second-order valence-corrected chi connectivity index (χ2v) is 5.23. The van der Waals surface area contributed by atoms with Gasteiger partial charge in [0.15, 0.2) is 0 Å². The van der Waals surface area contributed by atoms with Gasteiger partial charge in [-0.3, -0.25) is 10.1 Å². The lowest BCUT2D eigenvalue weighted by atomic mass is 9.94. The summed E-state index contributed by atoms with van der Waals surface area (Å²) in [6, 6.07) is 3.82. The van der Waals surface area contributed by atoms with Gasteiger partial charge >= 0.3 is 5.97 Å². The number of carboxylic acids is 1. The van der Waals surface area contributed by atoms with Gasteiger partial charge in [-0.1, -0.05) is 0 Å². The van der Waals surface area contributed by atoms with E-state index in [-0.39, 0.29) is 23.8 Å². The zero-order valence-electron chi connectivity index (χ0n) is 11.6. The molecular formula is C14H18N2O5. The van der Waals surface area contributed by atoms with Crippen molar-refractivity contribution in [3.8, 4) is 0 Å². The normalized spacial score (nSPS) is 18.5. The summed E-state index contributed by atoms with van der Waals surface area (Å²) in [5.41, 5.74) is 0.351. The average Bonchev–Trinajstić information content (AvgIpc) is 2.47. The summed E-state index contributed by atoms with van der Waals surface area (Å²) >= 11 is 0. The first-order chi connectivity index (χ1) is 10.0. The fraction of sp³-hybridized carbons (Fsp3) is 0.500. The Morgan fingerprint density at radius 2 is 2.24 bits per heavy atom. The second kappa shape index (κ2) is 6.53. The van der Waals surface area contributed by atoms with Gasteiger partial charge in [0.25, 0.3) is 5.69 Å². The topological polar surface area (TPSA) is 104 Å². The van der Waals surface area contributed by atoms with Gasteiger partial charge in [0, 0.05) is 31.8 Å². The molecular weight excluding hydrogens is 276 g/mol. The molecule has 1 aromatic carbocycles. The number of anilines is 1. The summed E-state index contributed by atoms with van der Waals surface area (Å²) in [6.07, 6.45) is 2.52. The van der Waals surface area contributed by atoms with Crippen LogP contribution in [-0.4, -0.2) is 40.8 Å². The van der Waals surface area contributed by atoms with Crippen LogP contribution in [0.1, 0.15) is 29.6 Å². The minimum atomic E-state index is -1.09. The van der Waals surface area contributed by atoms with E-state index in [2.05, 4.69) is 0 Å². The van der Waals surface area contributed by atoms with Crippen LogP contribution in [0.25, 0.3) is 0 Å². The molecule has 1 atom stereocenters. The molecule has 7 heteroatoms. The molecule has 2 rings (SSSR count). The summed E-state index contributed by atoms with van der Waals surface area (Å²) in [6.45, 7) is 1.38. The molecule has 0 radical (unpaired) electrons. The molecule has 1 aliphatic rings. The molecule has 114 valence electrons. The lowest BCUT2D eigenvalue weighted by Gasteiger charge is -2.34. The number of nitro benzene ring substituents is 1. The van der Waals surface area contributed by atoms with Crippen LogP contribution in [0.15, 0.2) is 18.2 Å². The van der Waals surface area contributed by atoms with E-state index in [0.717, 1.165) is 12.8 Å². The van der Waals surface area contributed by atoms with Gasteiger partial charge in [0.1, 0.15) is 0 Å². The first kappa shape index (κ1) is 15.2.